The second-order valence-electron chi connectivity index (χ2n) is 7.06. The Morgan fingerprint density at radius 2 is 1.83 bits per heavy atom. The molecule has 0 spiro atoms. The smallest absolute Gasteiger partial charge is 0.411 e. The van der Waals surface area contributed by atoms with Gasteiger partial charge in [0.05, 0.1) is 19.4 Å². The molecule has 7 nitrogen and oxygen atoms in total. The third-order valence-electron chi connectivity index (χ3n) is 4.49. The van der Waals surface area contributed by atoms with Crippen LogP contribution in [0.4, 0.5) is 22.1 Å². The van der Waals surface area contributed by atoms with E-state index in [9.17, 15) is 4.79 Å². The minimum Gasteiger partial charge on any atom is -0.496 e. The van der Waals surface area contributed by atoms with Gasteiger partial charge in [-0.25, -0.2) is 9.78 Å². The average Bonchev–Trinajstić information content (AvgIpc) is 2.73. The Hall–Kier alpha value is -3.48. The number of ether oxygens (including phenoxy) is 2. The fraction of sp³-hybridized carbons (Fsp3) is 0.304. The summed E-state index contributed by atoms with van der Waals surface area (Å²) in [5.41, 5.74) is 1.71. The molecule has 1 amide bonds. The van der Waals surface area contributed by atoms with Crippen molar-refractivity contribution in [3.8, 4) is 5.75 Å². The van der Waals surface area contributed by atoms with Gasteiger partial charge in [0, 0.05) is 18.0 Å². The van der Waals surface area contributed by atoms with Crippen LogP contribution in [0.3, 0.4) is 0 Å². The first-order valence-electron chi connectivity index (χ1n) is 10.0. The van der Waals surface area contributed by atoms with Crippen molar-refractivity contribution in [1.29, 1.82) is 0 Å². The number of nitrogens with zero attached hydrogens (tertiary/aromatic N) is 1. The van der Waals surface area contributed by atoms with Crippen molar-refractivity contribution in [2.75, 3.05) is 29.7 Å². The SMILES string of the molecule is CCOC(=O)Nc1ccc(NCc2ccc(OC)c3ccccc23)nc1NC(C)C. The summed E-state index contributed by atoms with van der Waals surface area (Å²) < 4.78 is 10.4. The zero-order chi connectivity index (χ0) is 21.5. The molecule has 3 N–H and O–H groups in total. The van der Waals surface area contributed by atoms with E-state index in [1.54, 1.807) is 14.0 Å². The van der Waals surface area contributed by atoms with E-state index in [1.807, 2.05) is 44.2 Å². The minimum atomic E-state index is -0.503. The molecule has 0 aliphatic rings. The number of benzene rings is 2. The first kappa shape index (κ1) is 21.2. The standard InChI is InChI=1S/C23H28N4O3/c1-5-30-23(28)26-19-11-13-21(27-22(19)25-15(2)3)24-14-16-10-12-20(29-4)18-9-7-6-8-17(16)18/h6-13,15H,5,14H2,1-4H3,(H,26,28)(H2,24,25,27). The third kappa shape index (κ3) is 5.11. The first-order valence-corrected chi connectivity index (χ1v) is 10.0. The number of carbonyl (C=O) groups is 1. The molecule has 3 rings (SSSR count). The van der Waals surface area contributed by atoms with E-state index in [0.717, 1.165) is 22.1 Å². The van der Waals surface area contributed by atoms with Crippen molar-refractivity contribution >= 4 is 34.2 Å². The quantitative estimate of drug-likeness (QED) is 0.472. The monoisotopic (exact) mass is 408 g/mol. The molecule has 0 unspecified atom stereocenters. The minimum absolute atomic E-state index is 0.154. The third-order valence-corrected chi connectivity index (χ3v) is 4.49. The highest BCUT2D eigenvalue weighted by Gasteiger charge is 2.12. The molecule has 7 heteroatoms. The zero-order valence-electron chi connectivity index (χ0n) is 17.8. The van der Waals surface area contributed by atoms with Crippen LogP contribution in [-0.4, -0.2) is 30.8 Å². The summed E-state index contributed by atoms with van der Waals surface area (Å²) in [7, 11) is 1.68. The molecule has 0 aliphatic carbocycles. The summed E-state index contributed by atoms with van der Waals surface area (Å²) in [6.45, 7) is 6.70. The Kier molecular flexibility index (Phi) is 6.95. The van der Waals surface area contributed by atoms with Gasteiger partial charge in [0.15, 0.2) is 5.82 Å². The fourth-order valence-electron chi connectivity index (χ4n) is 3.17. The van der Waals surface area contributed by atoms with Gasteiger partial charge in [-0.15, -0.1) is 0 Å². The van der Waals surface area contributed by atoms with Gasteiger partial charge in [-0.3, -0.25) is 5.32 Å². The second kappa shape index (κ2) is 9.82. The summed E-state index contributed by atoms with van der Waals surface area (Å²) in [5, 5.41) is 11.6. The Labute approximate surface area is 176 Å². The highest BCUT2D eigenvalue weighted by atomic mass is 16.5. The van der Waals surface area contributed by atoms with Crippen molar-refractivity contribution in [2.45, 2.75) is 33.4 Å². The molecule has 30 heavy (non-hydrogen) atoms. The normalized spacial score (nSPS) is 10.7. The molecule has 0 bridgehead atoms. The van der Waals surface area contributed by atoms with Crippen LogP contribution in [0.2, 0.25) is 0 Å². The van der Waals surface area contributed by atoms with E-state index >= 15 is 0 Å². The van der Waals surface area contributed by atoms with E-state index in [-0.39, 0.29) is 6.04 Å². The molecular formula is C23H28N4O3. The summed E-state index contributed by atoms with van der Waals surface area (Å²) in [5.74, 6) is 2.14. The summed E-state index contributed by atoms with van der Waals surface area (Å²) in [4.78, 5) is 16.4. The maximum atomic E-state index is 11.8. The van der Waals surface area contributed by atoms with Crippen LogP contribution in [0.15, 0.2) is 48.5 Å². The van der Waals surface area contributed by atoms with Gasteiger partial charge in [-0.1, -0.05) is 30.3 Å². The van der Waals surface area contributed by atoms with Crippen LogP contribution in [0.25, 0.3) is 10.8 Å². The summed E-state index contributed by atoms with van der Waals surface area (Å²) in [6, 6.07) is 16.0. The number of aromatic nitrogens is 1. The van der Waals surface area contributed by atoms with E-state index in [2.05, 4.69) is 39.1 Å². The number of methoxy groups -OCH3 is 1. The molecule has 2 aromatic carbocycles. The predicted octanol–water partition coefficient (Wildman–Crippen LogP) is 5.24. The maximum Gasteiger partial charge on any atom is 0.411 e. The van der Waals surface area contributed by atoms with Crippen LogP contribution in [0.1, 0.15) is 26.3 Å². The lowest BCUT2D eigenvalue weighted by Gasteiger charge is -2.17. The molecule has 0 atom stereocenters. The van der Waals surface area contributed by atoms with E-state index in [0.29, 0.717) is 30.5 Å². The summed E-state index contributed by atoms with van der Waals surface area (Å²) in [6.07, 6.45) is -0.503. The Morgan fingerprint density at radius 1 is 1.07 bits per heavy atom. The number of amides is 1. The largest absolute Gasteiger partial charge is 0.496 e. The molecular weight excluding hydrogens is 380 g/mol. The lowest BCUT2D eigenvalue weighted by molar-refractivity contribution is 0.168. The highest BCUT2D eigenvalue weighted by Crippen LogP contribution is 2.29. The van der Waals surface area contributed by atoms with Gasteiger partial charge in [-0.2, -0.15) is 0 Å². The molecule has 1 heterocycles. The van der Waals surface area contributed by atoms with Gasteiger partial charge >= 0.3 is 6.09 Å². The van der Waals surface area contributed by atoms with Gasteiger partial charge < -0.3 is 20.1 Å². The van der Waals surface area contributed by atoms with Gasteiger partial charge in [0.1, 0.15) is 11.6 Å². The number of rotatable bonds is 8. The molecule has 0 saturated heterocycles. The van der Waals surface area contributed by atoms with Crippen LogP contribution in [0.5, 0.6) is 5.75 Å². The number of carbonyl (C=O) groups excluding carboxylic acids is 1. The van der Waals surface area contributed by atoms with E-state index in [4.69, 9.17) is 9.47 Å². The molecule has 0 saturated carbocycles. The van der Waals surface area contributed by atoms with Crippen molar-refractivity contribution in [1.82, 2.24) is 4.98 Å². The number of pyridine rings is 1. The lowest BCUT2D eigenvalue weighted by atomic mass is 10.0. The Balaban J connectivity index is 1.82. The maximum absolute atomic E-state index is 11.8. The van der Waals surface area contributed by atoms with E-state index in [1.165, 1.54) is 0 Å². The van der Waals surface area contributed by atoms with Crippen molar-refractivity contribution in [2.24, 2.45) is 0 Å². The van der Waals surface area contributed by atoms with Crippen molar-refractivity contribution in [3.05, 3.63) is 54.1 Å². The first-order chi connectivity index (χ1) is 14.5. The van der Waals surface area contributed by atoms with Crippen molar-refractivity contribution in [3.63, 3.8) is 0 Å². The molecule has 0 fully saturated rings. The van der Waals surface area contributed by atoms with Crippen LogP contribution < -0.4 is 20.7 Å². The van der Waals surface area contributed by atoms with Crippen molar-refractivity contribution < 1.29 is 14.3 Å². The molecule has 1 aromatic heterocycles. The number of anilines is 3. The highest BCUT2D eigenvalue weighted by molar-refractivity contribution is 5.91. The van der Waals surface area contributed by atoms with E-state index < -0.39 is 6.09 Å². The molecule has 158 valence electrons. The second-order valence-corrected chi connectivity index (χ2v) is 7.06. The molecule has 0 radical (unpaired) electrons. The number of fused-ring (bicyclic) bond motifs is 1. The predicted molar refractivity (Wildman–Crippen MR) is 121 cm³/mol. The Morgan fingerprint density at radius 3 is 2.53 bits per heavy atom. The van der Waals surface area contributed by atoms with Crippen LogP contribution >= 0.6 is 0 Å². The van der Waals surface area contributed by atoms with Gasteiger partial charge in [-0.05, 0) is 49.9 Å². The number of hydrogen-bond donors (Lipinski definition) is 3. The summed E-state index contributed by atoms with van der Waals surface area (Å²) >= 11 is 0. The average molecular weight is 409 g/mol. The molecule has 3 aromatic rings. The topological polar surface area (TPSA) is 84.5 Å². The number of hydrogen-bond acceptors (Lipinski definition) is 6. The number of nitrogens with one attached hydrogen (secondary N) is 3. The lowest BCUT2D eigenvalue weighted by Crippen LogP contribution is -2.18. The zero-order valence-corrected chi connectivity index (χ0v) is 17.8. The van der Waals surface area contributed by atoms with Gasteiger partial charge in [0.2, 0.25) is 0 Å². The van der Waals surface area contributed by atoms with Gasteiger partial charge in [0.25, 0.3) is 0 Å². The fourth-order valence-corrected chi connectivity index (χ4v) is 3.17. The molecule has 0 aliphatic heterocycles. The van der Waals surface area contributed by atoms with Crippen LogP contribution in [0, 0.1) is 0 Å². The Bertz CT molecular complexity index is 1020. The van der Waals surface area contributed by atoms with Crippen LogP contribution in [-0.2, 0) is 11.3 Å².